The van der Waals surface area contributed by atoms with Crippen molar-refractivity contribution in [3.05, 3.63) is 89.7 Å². The number of aliphatic hydroxyl groups excluding tert-OH is 1. The smallest absolute Gasteiger partial charge is 0.253 e. The molecule has 0 saturated carbocycles. The van der Waals surface area contributed by atoms with Crippen LogP contribution >= 0.6 is 0 Å². The molecule has 0 aromatic heterocycles. The van der Waals surface area contributed by atoms with E-state index in [-0.39, 0.29) is 36.3 Å². The molecule has 2 aliphatic heterocycles. The SMILES string of the molecule is COc1cccc(-c2ccc([C@@H]3[C@@H](CO)N4CCCCN(C(=O)c5ccc(F)cc5)C[C@H]34)cc2)c1. The number of benzene rings is 3. The van der Waals surface area contributed by atoms with Gasteiger partial charge in [-0.1, -0.05) is 36.4 Å². The summed E-state index contributed by atoms with van der Waals surface area (Å²) in [6, 6.07) is 22.5. The Morgan fingerprint density at radius 2 is 1.74 bits per heavy atom. The van der Waals surface area contributed by atoms with Gasteiger partial charge in [0.15, 0.2) is 0 Å². The summed E-state index contributed by atoms with van der Waals surface area (Å²) < 4.78 is 18.7. The molecule has 3 atom stereocenters. The minimum atomic E-state index is -0.345. The van der Waals surface area contributed by atoms with Crippen molar-refractivity contribution in [3.8, 4) is 16.9 Å². The molecule has 2 fully saturated rings. The Bertz CT molecular complexity index is 1170. The van der Waals surface area contributed by atoms with Crippen molar-refractivity contribution in [2.24, 2.45) is 0 Å². The number of amides is 1. The maximum Gasteiger partial charge on any atom is 0.253 e. The highest BCUT2D eigenvalue weighted by atomic mass is 19.1. The van der Waals surface area contributed by atoms with Gasteiger partial charge in [-0.2, -0.15) is 0 Å². The van der Waals surface area contributed by atoms with Gasteiger partial charge < -0.3 is 14.7 Å². The summed E-state index contributed by atoms with van der Waals surface area (Å²) >= 11 is 0. The molecule has 6 heteroatoms. The molecule has 182 valence electrons. The lowest BCUT2D eigenvalue weighted by Gasteiger charge is -2.57. The fourth-order valence-corrected chi connectivity index (χ4v) is 5.60. The third kappa shape index (κ3) is 4.68. The highest BCUT2D eigenvalue weighted by molar-refractivity contribution is 5.94. The largest absolute Gasteiger partial charge is 0.497 e. The van der Waals surface area contributed by atoms with E-state index < -0.39 is 0 Å². The van der Waals surface area contributed by atoms with E-state index >= 15 is 0 Å². The van der Waals surface area contributed by atoms with Crippen LogP contribution in [0, 0.1) is 5.82 Å². The van der Waals surface area contributed by atoms with Crippen LogP contribution in [0.1, 0.15) is 34.7 Å². The van der Waals surface area contributed by atoms with E-state index in [9.17, 15) is 14.3 Å². The van der Waals surface area contributed by atoms with Gasteiger partial charge in [0, 0.05) is 36.7 Å². The molecule has 2 saturated heterocycles. The summed E-state index contributed by atoms with van der Waals surface area (Å²) in [5.41, 5.74) is 3.88. The lowest BCUT2D eigenvalue weighted by Crippen LogP contribution is -2.67. The summed E-state index contributed by atoms with van der Waals surface area (Å²) in [6.45, 7) is 2.29. The molecule has 3 aromatic rings. The Labute approximate surface area is 205 Å². The number of hydrogen-bond donors (Lipinski definition) is 1. The molecule has 0 aliphatic carbocycles. The summed E-state index contributed by atoms with van der Waals surface area (Å²) in [4.78, 5) is 17.5. The highest BCUT2D eigenvalue weighted by Gasteiger charge is 2.49. The van der Waals surface area contributed by atoms with Crippen LogP contribution in [-0.2, 0) is 0 Å². The van der Waals surface area contributed by atoms with Gasteiger partial charge in [-0.3, -0.25) is 9.69 Å². The van der Waals surface area contributed by atoms with Crippen LogP contribution < -0.4 is 4.74 Å². The van der Waals surface area contributed by atoms with E-state index in [0.717, 1.165) is 36.3 Å². The van der Waals surface area contributed by atoms with Crippen LogP contribution in [0.4, 0.5) is 4.39 Å². The molecule has 0 radical (unpaired) electrons. The zero-order valence-corrected chi connectivity index (χ0v) is 19.9. The summed E-state index contributed by atoms with van der Waals surface area (Å²) in [5.74, 6) is 0.553. The number of fused-ring (bicyclic) bond motifs is 1. The molecular weight excluding hydrogens is 443 g/mol. The van der Waals surface area contributed by atoms with Gasteiger partial charge in [0.1, 0.15) is 11.6 Å². The molecule has 0 spiro atoms. The predicted molar refractivity (Wildman–Crippen MR) is 134 cm³/mol. The molecule has 2 aliphatic rings. The van der Waals surface area contributed by atoms with Gasteiger partial charge in [0.2, 0.25) is 0 Å². The molecule has 0 bridgehead atoms. The van der Waals surface area contributed by atoms with E-state index in [0.29, 0.717) is 18.7 Å². The van der Waals surface area contributed by atoms with E-state index in [1.165, 1.54) is 17.7 Å². The number of hydrogen-bond acceptors (Lipinski definition) is 4. The van der Waals surface area contributed by atoms with Crippen molar-refractivity contribution < 1.29 is 19.0 Å². The van der Waals surface area contributed by atoms with Gasteiger partial charge in [0.25, 0.3) is 5.91 Å². The number of halogens is 1. The zero-order chi connectivity index (χ0) is 24.4. The lowest BCUT2D eigenvalue weighted by atomic mass is 9.74. The van der Waals surface area contributed by atoms with Crippen molar-refractivity contribution >= 4 is 5.91 Å². The number of ether oxygens (including phenoxy) is 1. The van der Waals surface area contributed by atoms with Gasteiger partial charge in [0.05, 0.1) is 13.7 Å². The third-order valence-electron chi connectivity index (χ3n) is 7.45. The van der Waals surface area contributed by atoms with Crippen LogP contribution in [0.3, 0.4) is 0 Å². The fraction of sp³-hybridized carbons (Fsp3) is 0.345. The number of nitrogens with zero attached hydrogens (tertiary/aromatic N) is 2. The maximum atomic E-state index is 13.4. The summed E-state index contributed by atoms with van der Waals surface area (Å²) in [5, 5.41) is 10.2. The predicted octanol–water partition coefficient (Wildman–Crippen LogP) is 4.57. The van der Waals surface area contributed by atoms with Crippen molar-refractivity contribution in [3.63, 3.8) is 0 Å². The first-order chi connectivity index (χ1) is 17.1. The minimum absolute atomic E-state index is 0.0449. The van der Waals surface area contributed by atoms with Gasteiger partial charge in [-0.05, 0) is 72.5 Å². The fourth-order valence-electron chi connectivity index (χ4n) is 5.60. The molecule has 5 nitrogen and oxygen atoms in total. The Kier molecular flexibility index (Phi) is 6.84. The first-order valence-electron chi connectivity index (χ1n) is 12.2. The second-order valence-electron chi connectivity index (χ2n) is 9.40. The van der Waals surface area contributed by atoms with Crippen LogP contribution in [0.2, 0.25) is 0 Å². The van der Waals surface area contributed by atoms with Crippen LogP contribution in [0.25, 0.3) is 11.1 Å². The van der Waals surface area contributed by atoms with E-state index in [4.69, 9.17) is 4.74 Å². The number of rotatable bonds is 5. The molecule has 2 heterocycles. The Morgan fingerprint density at radius 3 is 2.46 bits per heavy atom. The standard InChI is InChI=1S/C29H31FN2O3/c1-35-25-6-4-5-23(17-25)20-7-9-21(10-8-20)28-26-18-31(15-2-3-16-32(26)27(28)19-33)29(34)22-11-13-24(30)14-12-22/h4-14,17,26-28,33H,2-3,15-16,18-19H2,1H3/t26-,27-,28+/m1/s1. The number of methoxy groups -OCH3 is 1. The summed E-state index contributed by atoms with van der Waals surface area (Å²) in [6.07, 6.45) is 1.88. The zero-order valence-electron chi connectivity index (χ0n) is 19.9. The lowest BCUT2D eigenvalue weighted by molar-refractivity contribution is -0.0606. The second kappa shape index (κ2) is 10.2. The van der Waals surface area contributed by atoms with Crippen LogP contribution in [0.5, 0.6) is 5.75 Å². The maximum absolute atomic E-state index is 13.4. The summed E-state index contributed by atoms with van der Waals surface area (Å²) in [7, 11) is 1.67. The normalized spacial score (nSPS) is 22.5. The first kappa shape index (κ1) is 23.5. The topological polar surface area (TPSA) is 53.0 Å². The van der Waals surface area contributed by atoms with Crippen molar-refractivity contribution in [1.82, 2.24) is 9.80 Å². The van der Waals surface area contributed by atoms with Crippen molar-refractivity contribution in [2.45, 2.75) is 30.8 Å². The van der Waals surface area contributed by atoms with Crippen LogP contribution in [0.15, 0.2) is 72.8 Å². The second-order valence-corrected chi connectivity index (χ2v) is 9.40. The molecule has 1 N–H and O–H groups in total. The Hall–Kier alpha value is -3.22. The molecule has 0 unspecified atom stereocenters. The Morgan fingerprint density at radius 1 is 1.00 bits per heavy atom. The average molecular weight is 475 g/mol. The number of aliphatic hydroxyl groups is 1. The third-order valence-corrected chi connectivity index (χ3v) is 7.45. The highest BCUT2D eigenvalue weighted by Crippen LogP contribution is 2.42. The van der Waals surface area contributed by atoms with Crippen LogP contribution in [-0.4, -0.2) is 66.2 Å². The molecular formula is C29H31FN2O3. The molecule has 5 rings (SSSR count). The van der Waals surface area contributed by atoms with Crippen molar-refractivity contribution in [1.29, 1.82) is 0 Å². The van der Waals surface area contributed by atoms with Gasteiger partial charge in [-0.15, -0.1) is 0 Å². The quantitative estimate of drug-likeness (QED) is 0.589. The number of carbonyl (C=O) groups excluding carboxylic acids is 1. The molecule has 3 aromatic carbocycles. The number of carbonyl (C=O) groups is 1. The van der Waals surface area contributed by atoms with E-state index in [1.807, 2.05) is 23.1 Å². The monoisotopic (exact) mass is 474 g/mol. The van der Waals surface area contributed by atoms with Crippen molar-refractivity contribution in [2.75, 3.05) is 33.4 Å². The average Bonchev–Trinajstić information content (AvgIpc) is 2.88. The molecule has 1 amide bonds. The molecule has 35 heavy (non-hydrogen) atoms. The minimum Gasteiger partial charge on any atom is -0.497 e. The van der Waals surface area contributed by atoms with Gasteiger partial charge >= 0.3 is 0 Å². The van der Waals surface area contributed by atoms with Gasteiger partial charge in [-0.25, -0.2) is 4.39 Å². The van der Waals surface area contributed by atoms with E-state index in [2.05, 4.69) is 35.2 Å². The first-order valence-corrected chi connectivity index (χ1v) is 12.2. The Balaban J connectivity index is 1.38. The van der Waals surface area contributed by atoms with E-state index in [1.54, 1.807) is 19.2 Å².